The van der Waals surface area contributed by atoms with Gasteiger partial charge < -0.3 is 15.2 Å². The number of benzene rings is 1. The van der Waals surface area contributed by atoms with Gasteiger partial charge in [0.2, 0.25) is 0 Å². The molecule has 0 atom stereocenters. The molecule has 0 radical (unpaired) electrons. The second-order valence-electron chi connectivity index (χ2n) is 6.21. The van der Waals surface area contributed by atoms with Gasteiger partial charge in [0.05, 0.1) is 16.8 Å². The van der Waals surface area contributed by atoms with Gasteiger partial charge in [-0.25, -0.2) is 9.98 Å². The fourth-order valence-electron chi connectivity index (χ4n) is 2.43. The first-order chi connectivity index (χ1) is 12.3. The van der Waals surface area contributed by atoms with Crippen molar-refractivity contribution < 1.29 is 4.79 Å². The number of carbonyl (C=O) groups excluding carboxylic acids is 1. The van der Waals surface area contributed by atoms with E-state index in [-0.39, 0.29) is 5.91 Å². The average Bonchev–Trinajstić information content (AvgIpc) is 3.00. The van der Waals surface area contributed by atoms with Gasteiger partial charge in [-0.3, -0.25) is 4.79 Å². The number of H-pyrrole nitrogens is 1. The predicted octanol–water partition coefficient (Wildman–Crippen LogP) is 3.72. The average molecular weight is 351 g/mol. The first-order valence-electron chi connectivity index (χ1n) is 8.34. The molecule has 1 aromatic heterocycles. The number of fused-ring (bicyclic) bond motifs is 1. The molecule has 0 unspecified atom stereocenters. The van der Waals surface area contributed by atoms with Gasteiger partial charge in [0.1, 0.15) is 11.4 Å². The molecule has 1 amide bonds. The molecular weight excluding hydrogens is 326 g/mol. The molecule has 0 bridgehead atoms. The van der Waals surface area contributed by atoms with Crippen molar-refractivity contribution in [2.75, 3.05) is 14.1 Å². The van der Waals surface area contributed by atoms with Crippen molar-refractivity contribution in [3.05, 3.63) is 60.1 Å². The number of hydrogen-bond acceptors (Lipinski definition) is 4. The number of rotatable bonds is 5. The van der Waals surface area contributed by atoms with Crippen LogP contribution in [-0.2, 0) is 0 Å². The lowest BCUT2D eigenvalue weighted by Crippen LogP contribution is -2.28. The van der Waals surface area contributed by atoms with E-state index in [4.69, 9.17) is 0 Å². The highest BCUT2D eigenvalue weighted by atomic mass is 16.1. The van der Waals surface area contributed by atoms with Crippen LogP contribution >= 0.6 is 0 Å². The Labute approximate surface area is 154 Å². The molecule has 136 valence electrons. The largest absolute Gasteiger partial charge is 0.375 e. The Balaban J connectivity index is 2.46. The molecular formula is C20H25N5O. The summed E-state index contributed by atoms with van der Waals surface area (Å²) in [7, 11) is 3.88. The minimum Gasteiger partial charge on any atom is -0.375 e. The maximum atomic E-state index is 12.6. The maximum Gasteiger partial charge on any atom is 0.258 e. The Morgan fingerprint density at radius 3 is 2.69 bits per heavy atom. The van der Waals surface area contributed by atoms with E-state index in [1.165, 1.54) is 0 Å². The molecule has 2 rings (SSSR count). The SMILES string of the molecule is C=C(C)/C=C(/c1nc2c(C(=O)NC(C)=N/C=C\C)cccc2[nH]1)N(C)C. The first-order valence-corrected chi connectivity index (χ1v) is 8.34. The molecule has 0 fully saturated rings. The Hall–Kier alpha value is -3.15. The fourth-order valence-corrected chi connectivity index (χ4v) is 2.43. The number of para-hydroxylation sites is 1. The third-order valence-corrected chi connectivity index (χ3v) is 3.58. The number of aromatic amines is 1. The molecule has 0 aliphatic rings. The fraction of sp³-hybridized carbons (Fsp3) is 0.250. The van der Waals surface area contributed by atoms with Crippen molar-refractivity contribution in [3.8, 4) is 0 Å². The molecule has 0 aliphatic heterocycles. The number of aromatic nitrogens is 2. The minimum absolute atomic E-state index is 0.241. The van der Waals surface area contributed by atoms with Crippen molar-refractivity contribution in [3.63, 3.8) is 0 Å². The summed E-state index contributed by atoms with van der Waals surface area (Å²) >= 11 is 0. The number of nitrogens with zero attached hydrogens (tertiary/aromatic N) is 3. The van der Waals surface area contributed by atoms with E-state index in [9.17, 15) is 4.79 Å². The molecule has 1 heterocycles. The molecule has 2 N–H and O–H groups in total. The molecule has 6 nitrogen and oxygen atoms in total. The topological polar surface area (TPSA) is 73.4 Å². The standard InChI is InChI=1S/C20H25N5O/c1-7-11-21-14(4)22-20(26)15-9-8-10-16-18(15)24-19(23-16)17(25(5)6)12-13(2)3/h7-12H,2H2,1,3-6H3,(H,23,24)(H,21,22,26)/b11-7-,17-12-. The number of nitrogens with one attached hydrogen (secondary N) is 2. The van der Waals surface area contributed by atoms with Crippen LogP contribution in [0.15, 0.2) is 53.7 Å². The Kier molecular flexibility index (Phi) is 6.11. The van der Waals surface area contributed by atoms with Crippen LogP contribution in [0.3, 0.4) is 0 Å². The van der Waals surface area contributed by atoms with Crippen LogP contribution < -0.4 is 5.32 Å². The van der Waals surface area contributed by atoms with Crippen molar-refractivity contribution in [1.82, 2.24) is 20.2 Å². The predicted molar refractivity (Wildman–Crippen MR) is 108 cm³/mol. The molecule has 26 heavy (non-hydrogen) atoms. The third kappa shape index (κ3) is 4.47. The highest BCUT2D eigenvalue weighted by Gasteiger charge is 2.16. The van der Waals surface area contributed by atoms with Crippen LogP contribution in [-0.4, -0.2) is 40.7 Å². The van der Waals surface area contributed by atoms with Crippen LogP contribution in [0, 0.1) is 0 Å². The van der Waals surface area contributed by atoms with Crippen molar-refractivity contribution >= 4 is 28.5 Å². The highest BCUT2D eigenvalue weighted by Crippen LogP contribution is 2.22. The van der Waals surface area contributed by atoms with E-state index in [1.54, 1.807) is 25.3 Å². The number of allylic oxidation sites excluding steroid dienone is 3. The van der Waals surface area contributed by atoms with E-state index in [0.29, 0.717) is 22.7 Å². The second-order valence-corrected chi connectivity index (χ2v) is 6.21. The Bertz CT molecular complexity index is 915. The van der Waals surface area contributed by atoms with Gasteiger partial charge in [0.15, 0.2) is 5.82 Å². The minimum atomic E-state index is -0.241. The summed E-state index contributed by atoms with van der Waals surface area (Å²) in [5, 5.41) is 2.78. The lowest BCUT2D eigenvalue weighted by atomic mass is 10.1. The quantitative estimate of drug-likeness (QED) is 0.490. The zero-order chi connectivity index (χ0) is 19.3. The van der Waals surface area contributed by atoms with Gasteiger partial charge >= 0.3 is 0 Å². The Morgan fingerprint density at radius 1 is 1.35 bits per heavy atom. The van der Waals surface area contributed by atoms with Gasteiger partial charge in [0.25, 0.3) is 5.91 Å². The normalized spacial score (nSPS) is 12.7. The zero-order valence-corrected chi connectivity index (χ0v) is 15.9. The van der Waals surface area contributed by atoms with E-state index in [0.717, 1.165) is 16.8 Å². The molecule has 2 aromatic rings. The maximum absolute atomic E-state index is 12.6. The molecule has 0 saturated heterocycles. The van der Waals surface area contributed by atoms with Gasteiger partial charge in [-0.2, -0.15) is 0 Å². The molecule has 0 spiro atoms. The summed E-state index contributed by atoms with van der Waals surface area (Å²) < 4.78 is 0. The molecule has 1 aromatic carbocycles. The van der Waals surface area contributed by atoms with Gasteiger partial charge in [-0.05, 0) is 39.0 Å². The van der Waals surface area contributed by atoms with E-state index < -0.39 is 0 Å². The van der Waals surface area contributed by atoms with Gasteiger partial charge in [-0.1, -0.05) is 24.3 Å². The number of hydrogen-bond donors (Lipinski definition) is 2. The first kappa shape index (κ1) is 19.2. The smallest absolute Gasteiger partial charge is 0.258 e. The number of aliphatic imine (C=N–C) groups is 1. The summed E-state index contributed by atoms with van der Waals surface area (Å²) in [5.41, 5.74) is 3.72. The zero-order valence-electron chi connectivity index (χ0n) is 15.9. The Morgan fingerprint density at radius 2 is 2.08 bits per heavy atom. The van der Waals surface area contributed by atoms with Crippen LogP contribution in [0.1, 0.15) is 37.0 Å². The highest BCUT2D eigenvalue weighted by molar-refractivity contribution is 6.11. The summed E-state index contributed by atoms with van der Waals surface area (Å²) in [4.78, 5) is 26.6. The number of imidazole rings is 1. The lowest BCUT2D eigenvalue weighted by Gasteiger charge is -2.15. The van der Waals surface area contributed by atoms with Crippen LogP contribution in [0.25, 0.3) is 16.7 Å². The van der Waals surface area contributed by atoms with Crippen molar-refractivity contribution in [1.29, 1.82) is 0 Å². The number of carbonyl (C=O) groups is 1. The number of amidine groups is 1. The van der Waals surface area contributed by atoms with E-state index in [1.807, 2.05) is 51.1 Å². The summed E-state index contributed by atoms with van der Waals surface area (Å²) in [6.07, 6.45) is 5.38. The monoisotopic (exact) mass is 351 g/mol. The molecule has 6 heteroatoms. The van der Waals surface area contributed by atoms with Crippen molar-refractivity contribution in [2.24, 2.45) is 4.99 Å². The molecule has 0 aliphatic carbocycles. The number of amides is 1. The van der Waals surface area contributed by atoms with Crippen LogP contribution in [0.2, 0.25) is 0 Å². The second kappa shape index (κ2) is 8.29. The van der Waals surface area contributed by atoms with Gasteiger partial charge in [-0.15, -0.1) is 0 Å². The summed E-state index contributed by atoms with van der Waals surface area (Å²) in [6.45, 7) is 9.47. The summed E-state index contributed by atoms with van der Waals surface area (Å²) in [5.74, 6) is 0.972. The third-order valence-electron chi connectivity index (χ3n) is 3.58. The van der Waals surface area contributed by atoms with Crippen LogP contribution in [0.5, 0.6) is 0 Å². The molecule has 0 saturated carbocycles. The van der Waals surface area contributed by atoms with E-state index in [2.05, 4.69) is 26.9 Å². The van der Waals surface area contributed by atoms with Crippen molar-refractivity contribution in [2.45, 2.75) is 20.8 Å². The van der Waals surface area contributed by atoms with E-state index >= 15 is 0 Å². The van der Waals surface area contributed by atoms with Gasteiger partial charge in [0, 0.05) is 20.3 Å². The lowest BCUT2D eigenvalue weighted by molar-refractivity contribution is 0.0978. The van der Waals surface area contributed by atoms with Crippen LogP contribution in [0.4, 0.5) is 0 Å². The summed E-state index contributed by atoms with van der Waals surface area (Å²) in [6, 6.07) is 5.48.